The highest BCUT2D eigenvalue weighted by Gasteiger charge is 1.86. The first-order valence-corrected chi connectivity index (χ1v) is 2.71. The summed E-state index contributed by atoms with van der Waals surface area (Å²) >= 11 is 15.5. The second-order valence-electron chi connectivity index (χ2n) is 0.572. The first kappa shape index (κ1) is 6.94. The molecule has 0 spiro atoms. The molecule has 6 heavy (non-hydrogen) atoms. The van der Waals surface area contributed by atoms with Crippen LogP contribution in [0.15, 0.2) is 0 Å². The molecule has 1 nitrogen and oxygen atoms in total. The van der Waals surface area contributed by atoms with Gasteiger partial charge in [-0.15, -0.1) is 12.6 Å². The van der Waals surface area contributed by atoms with E-state index in [1.54, 1.807) is 0 Å². The number of thiocarbonyl (C=S) groups is 1. The lowest BCUT2D eigenvalue weighted by molar-refractivity contribution is 1.24. The third-order valence-electron chi connectivity index (χ3n) is 0.171. The minimum absolute atomic E-state index is 0.349. The number of nitrogens with zero attached hydrogens (tertiary/aromatic N) is 1. The maximum absolute atomic E-state index is 4.46. The molecule has 0 aromatic carbocycles. The van der Waals surface area contributed by atoms with Gasteiger partial charge in [0.15, 0.2) is 4.32 Å². The zero-order valence-electron chi connectivity index (χ0n) is 2.70. The third kappa shape index (κ3) is 3.14. The summed E-state index contributed by atoms with van der Waals surface area (Å²) in [6.45, 7) is 0. The smallest absolute Gasteiger partial charge is 0.153 e. The van der Waals surface area contributed by atoms with Gasteiger partial charge in [-0.2, -0.15) is 0 Å². The molecule has 0 radical (unpaired) electrons. The predicted octanol–water partition coefficient (Wildman–Crippen LogP) is 1.19. The van der Waals surface area contributed by atoms with E-state index < -0.39 is 0 Å². The molecule has 36 valence electrons. The fraction of sp³-hybridized carbons (Fsp3) is 0. The summed E-state index contributed by atoms with van der Waals surface area (Å²) in [7, 11) is 0. The van der Waals surface area contributed by atoms with Crippen LogP contribution in [0.2, 0.25) is 0 Å². The van der Waals surface area contributed by atoms with Crippen molar-refractivity contribution in [2.24, 2.45) is 0 Å². The van der Waals surface area contributed by atoms with E-state index in [0.717, 1.165) is 3.71 Å². The molecule has 0 saturated carbocycles. The molecule has 0 atom stereocenters. The van der Waals surface area contributed by atoms with Crippen molar-refractivity contribution in [2.45, 2.75) is 0 Å². The van der Waals surface area contributed by atoms with Gasteiger partial charge in [0.1, 0.15) is 0 Å². The summed E-state index contributed by atoms with van der Waals surface area (Å²) in [6.07, 6.45) is 0. The van der Waals surface area contributed by atoms with Crippen LogP contribution in [0.3, 0.4) is 0 Å². The van der Waals surface area contributed by atoms with E-state index in [2.05, 4.69) is 50.5 Å². The van der Waals surface area contributed by atoms with E-state index in [1.807, 2.05) is 0 Å². The van der Waals surface area contributed by atoms with Gasteiger partial charge < -0.3 is 0 Å². The number of rotatable bonds is 0. The molecule has 0 rings (SSSR count). The minimum atomic E-state index is 0.349. The van der Waals surface area contributed by atoms with Crippen molar-refractivity contribution < 1.29 is 0 Å². The van der Waals surface area contributed by atoms with Crippen LogP contribution in [-0.2, 0) is 0 Å². The highest BCUT2D eigenvalue weighted by atomic mass is 32.2. The SMILES string of the molecule is S=C(S)N(S)S. The lowest BCUT2D eigenvalue weighted by atomic mass is 11.5. The van der Waals surface area contributed by atoms with Gasteiger partial charge in [-0.25, -0.2) is 3.71 Å². The summed E-state index contributed by atoms with van der Waals surface area (Å²) in [5.74, 6) is 0. The number of hydrogen-bond acceptors (Lipinski definition) is 3. The molecule has 0 saturated heterocycles. The van der Waals surface area contributed by atoms with E-state index in [9.17, 15) is 0 Å². The van der Waals surface area contributed by atoms with E-state index in [0.29, 0.717) is 4.32 Å². The van der Waals surface area contributed by atoms with Gasteiger partial charge in [-0.3, -0.25) is 0 Å². The fourth-order valence-electron chi connectivity index (χ4n) is 0. The van der Waals surface area contributed by atoms with Crippen molar-refractivity contribution >= 4 is 54.8 Å². The Bertz CT molecular complexity index is 58.6. The van der Waals surface area contributed by atoms with Crippen molar-refractivity contribution in [3.8, 4) is 0 Å². The maximum atomic E-state index is 4.46. The predicted molar refractivity (Wildman–Crippen MR) is 41.4 cm³/mol. The summed E-state index contributed by atoms with van der Waals surface area (Å²) in [5, 5.41) is 0. The van der Waals surface area contributed by atoms with Crippen molar-refractivity contribution in [1.29, 1.82) is 0 Å². The Morgan fingerprint density at radius 3 is 1.67 bits per heavy atom. The van der Waals surface area contributed by atoms with Crippen molar-refractivity contribution in [1.82, 2.24) is 3.71 Å². The highest BCUT2D eigenvalue weighted by molar-refractivity contribution is 8.14. The highest BCUT2D eigenvalue weighted by Crippen LogP contribution is 2.01. The van der Waals surface area contributed by atoms with Gasteiger partial charge in [0.05, 0.1) is 0 Å². The summed E-state index contributed by atoms with van der Waals surface area (Å²) < 4.78 is 1.50. The molecular weight excluding hydrogens is 154 g/mol. The molecule has 5 heteroatoms. The minimum Gasteiger partial charge on any atom is -0.248 e. The van der Waals surface area contributed by atoms with Gasteiger partial charge in [0, 0.05) is 0 Å². The number of hydrogen-bond donors (Lipinski definition) is 3. The Morgan fingerprint density at radius 1 is 1.50 bits per heavy atom. The van der Waals surface area contributed by atoms with Crippen molar-refractivity contribution in [3.63, 3.8) is 0 Å². The monoisotopic (exact) mass is 157 g/mol. The first-order valence-electron chi connectivity index (χ1n) is 1.05. The molecule has 0 aliphatic rings. The van der Waals surface area contributed by atoms with E-state index in [1.165, 1.54) is 0 Å². The zero-order chi connectivity index (χ0) is 5.15. The van der Waals surface area contributed by atoms with Crippen LogP contribution < -0.4 is 0 Å². The Labute approximate surface area is 58.6 Å². The normalized spacial score (nSPS) is 7.83. The van der Waals surface area contributed by atoms with Gasteiger partial charge in [0.2, 0.25) is 0 Å². The van der Waals surface area contributed by atoms with Crippen LogP contribution in [0.1, 0.15) is 0 Å². The van der Waals surface area contributed by atoms with Crippen LogP contribution in [-0.4, -0.2) is 8.03 Å². The van der Waals surface area contributed by atoms with Crippen molar-refractivity contribution in [3.05, 3.63) is 0 Å². The molecule has 0 bridgehead atoms. The standard InChI is InChI=1S/CH3NS4/c3-1(4)2(5)6/h5-6H,(H,3,4). The second kappa shape index (κ2) is 3.01. The molecule has 0 aromatic rings. The fourth-order valence-corrected chi connectivity index (χ4v) is 0. The summed E-state index contributed by atoms with van der Waals surface area (Å²) in [6, 6.07) is 0. The Balaban J connectivity index is 3.26. The van der Waals surface area contributed by atoms with Crippen LogP contribution >= 0.6 is 50.5 Å². The topological polar surface area (TPSA) is 3.24 Å². The average Bonchev–Trinajstić information content (AvgIpc) is 1.36. The second-order valence-corrected chi connectivity index (χ2v) is 2.80. The largest absolute Gasteiger partial charge is 0.248 e. The summed E-state index contributed by atoms with van der Waals surface area (Å²) in [4.78, 5) is 0. The van der Waals surface area contributed by atoms with E-state index >= 15 is 0 Å². The quantitative estimate of drug-likeness (QED) is 0.358. The number of thiol groups is 3. The molecule has 0 aliphatic heterocycles. The molecule has 0 unspecified atom stereocenters. The third-order valence-corrected chi connectivity index (χ3v) is 1.54. The Hall–Kier alpha value is 0.940. The Morgan fingerprint density at radius 2 is 1.67 bits per heavy atom. The lowest BCUT2D eigenvalue weighted by Crippen LogP contribution is -1.97. The molecule has 0 aliphatic carbocycles. The Kier molecular flexibility index (Phi) is 3.48. The van der Waals surface area contributed by atoms with Crippen LogP contribution in [0.4, 0.5) is 0 Å². The molecule has 0 heterocycles. The van der Waals surface area contributed by atoms with Gasteiger partial charge in [-0.05, 0) is 0 Å². The molecule has 0 amide bonds. The van der Waals surface area contributed by atoms with Gasteiger partial charge >= 0.3 is 0 Å². The molecule has 0 aromatic heterocycles. The van der Waals surface area contributed by atoms with E-state index in [-0.39, 0.29) is 0 Å². The summed E-state index contributed by atoms with van der Waals surface area (Å²) in [5.41, 5.74) is 0. The van der Waals surface area contributed by atoms with Gasteiger partial charge in [-0.1, -0.05) is 37.8 Å². The maximum Gasteiger partial charge on any atom is 0.153 e. The van der Waals surface area contributed by atoms with Crippen molar-refractivity contribution in [2.75, 3.05) is 0 Å². The van der Waals surface area contributed by atoms with Crippen LogP contribution in [0.25, 0.3) is 0 Å². The van der Waals surface area contributed by atoms with E-state index in [4.69, 9.17) is 0 Å². The van der Waals surface area contributed by atoms with Crippen LogP contribution in [0.5, 0.6) is 0 Å². The zero-order valence-corrected chi connectivity index (χ0v) is 6.20. The average molecular weight is 157 g/mol. The van der Waals surface area contributed by atoms with Crippen LogP contribution in [0, 0.1) is 0 Å². The molecule has 0 fully saturated rings. The molecular formula is CH3NS4. The first-order chi connectivity index (χ1) is 2.64. The van der Waals surface area contributed by atoms with Gasteiger partial charge in [0.25, 0.3) is 0 Å². The lowest BCUT2D eigenvalue weighted by Gasteiger charge is -2.00. The molecule has 0 N–H and O–H groups in total.